The molecule has 9 heteroatoms. The largest absolute Gasteiger partial charge is 0.444 e. The van der Waals surface area contributed by atoms with E-state index in [1.54, 1.807) is 33.9 Å². The van der Waals surface area contributed by atoms with E-state index in [9.17, 15) is 20.0 Å². The van der Waals surface area contributed by atoms with Gasteiger partial charge in [-0.15, -0.1) is 0 Å². The van der Waals surface area contributed by atoms with Crippen molar-refractivity contribution in [2.45, 2.75) is 51.4 Å². The summed E-state index contributed by atoms with van der Waals surface area (Å²) in [6, 6.07) is 4.93. The molecule has 0 aromatic carbocycles. The van der Waals surface area contributed by atoms with Crippen molar-refractivity contribution in [3.05, 3.63) is 39.8 Å². The number of rotatable bonds is 4. The molecule has 3 heterocycles. The third kappa shape index (κ3) is 5.40. The Labute approximate surface area is 181 Å². The fourth-order valence-corrected chi connectivity index (χ4v) is 3.87. The molecule has 2 atom stereocenters. The highest BCUT2D eigenvalue weighted by atomic mass is 16.6. The van der Waals surface area contributed by atoms with Gasteiger partial charge in [0.05, 0.1) is 28.7 Å². The fraction of sp³-hybridized carbons (Fsp3) is 0.545. The molecule has 0 unspecified atom stereocenters. The number of alkyl carbamates (subject to hydrolysis) is 1. The molecular weight excluding hydrogens is 398 g/mol. The lowest BCUT2D eigenvalue weighted by molar-refractivity contribution is 0.0204. The van der Waals surface area contributed by atoms with Crippen LogP contribution >= 0.6 is 0 Å². The van der Waals surface area contributed by atoms with Crippen LogP contribution in [-0.4, -0.2) is 63.0 Å². The molecule has 1 aliphatic rings. The second-order valence-corrected chi connectivity index (χ2v) is 8.89. The summed E-state index contributed by atoms with van der Waals surface area (Å²) in [7, 11) is 1.68. The minimum atomic E-state index is -0.727. The molecule has 2 aromatic heterocycles. The van der Waals surface area contributed by atoms with Crippen LogP contribution < -0.4 is 10.9 Å². The van der Waals surface area contributed by atoms with Crippen LogP contribution in [0.2, 0.25) is 0 Å². The van der Waals surface area contributed by atoms with Crippen LogP contribution in [0.1, 0.15) is 38.3 Å². The van der Waals surface area contributed by atoms with Crippen molar-refractivity contribution in [3.8, 4) is 6.07 Å². The van der Waals surface area contributed by atoms with Gasteiger partial charge >= 0.3 is 6.09 Å². The maximum atomic E-state index is 12.1. The number of nitrogens with zero attached hydrogens (tertiary/aromatic N) is 4. The number of ether oxygens (including phenoxy) is 1. The zero-order valence-corrected chi connectivity index (χ0v) is 18.4. The lowest BCUT2D eigenvalue weighted by Crippen LogP contribution is -2.55. The van der Waals surface area contributed by atoms with Crippen molar-refractivity contribution in [3.63, 3.8) is 0 Å². The second kappa shape index (κ2) is 9.04. The van der Waals surface area contributed by atoms with Crippen LogP contribution in [0, 0.1) is 11.3 Å². The fourth-order valence-electron chi connectivity index (χ4n) is 3.87. The van der Waals surface area contributed by atoms with Crippen LogP contribution in [0.25, 0.3) is 11.0 Å². The first kappa shape index (κ1) is 22.7. The first-order chi connectivity index (χ1) is 14.6. The topological polar surface area (TPSA) is 120 Å². The number of carbonyl (C=O) groups excluding carboxylic acids is 1. The Bertz CT molecular complexity index is 1070. The summed E-state index contributed by atoms with van der Waals surface area (Å²) in [6.45, 7) is 7.05. The molecule has 31 heavy (non-hydrogen) atoms. The second-order valence-electron chi connectivity index (χ2n) is 8.89. The minimum Gasteiger partial charge on any atom is -0.444 e. The molecule has 166 valence electrons. The zero-order valence-electron chi connectivity index (χ0n) is 18.4. The summed E-state index contributed by atoms with van der Waals surface area (Å²) in [5, 5.41) is 22.8. The molecule has 0 aliphatic carbocycles. The molecule has 0 spiro atoms. The number of aryl methyl sites for hydroxylation is 1. The van der Waals surface area contributed by atoms with Gasteiger partial charge in [0.25, 0.3) is 5.56 Å². The van der Waals surface area contributed by atoms with Gasteiger partial charge in [0.15, 0.2) is 0 Å². The summed E-state index contributed by atoms with van der Waals surface area (Å²) < 4.78 is 6.79. The normalized spacial score (nSPS) is 19.7. The molecule has 1 saturated heterocycles. The maximum Gasteiger partial charge on any atom is 0.407 e. The third-order valence-electron chi connectivity index (χ3n) is 5.40. The zero-order chi connectivity index (χ0) is 22.8. The number of hydrogen-bond donors (Lipinski definition) is 2. The van der Waals surface area contributed by atoms with Gasteiger partial charge in [-0.25, -0.2) is 4.79 Å². The number of aliphatic hydroxyl groups is 1. The van der Waals surface area contributed by atoms with E-state index >= 15 is 0 Å². The molecule has 0 saturated carbocycles. The van der Waals surface area contributed by atoms with Crippen LogP contribution in [-0.2, 0) is 18.2 Å². The number of hydrogen-bond acceptors (Lipinski definition) is 7. The van der Waals surface area contributed by atoms with Gasteiger partial charge in [-0.2, -0.15) is 5.26 Å². The van der Waals surface area contributed by atoms with Gasteiger partial charge in [-0.05, 0) is 45.2 Å². The maximum absolute atomic E-state index is 12.1. The Morgan fingerprint density at radius 2 is 2.16 bits per heavy atom. The Balaban J connectivity index is 1.68. The molecule has 9 nitrogen and oxygen atoms in total. The van der Waals surface area contributed by atoms with Crippen molar-refractivity contribution in [1.82, 2.24) is 19.8 Å². The summed E-state index contributed by atoms with van der Waals surface area (Å²) >= 11 is 0. The van der Waals surface area contributed by atoms with E-state index in [1.807, 2.05) is 0 Å². The smallest absolute Gasteiger partial charge is 0.407 e. The summed E-state index contributed by atoms with van der Waals surface area (Å²) in [6.07, 6.45) is 1.40. The molecule has 1 aliphatic heterocycles. The van der Waals surface area contributed by atoms with Crippen molar-refractivity contribution in [2.24, 2.45) is 7.05 Å². The molecule has 1 fully saturated rings. The number of aliphatic hydroxyl groups excluding tert-OH is 1. The standard InChI is InChI=1S/C22H29N5O4/c1-22(2,3)31-21(30)25-16-8-10-27(13-18(16)28)9-7-15-14(11-23)12-24-17-5-6-19(29)26(4)20(15)17/h5-6,12,16,18,28H,7-10,13H2,1-4H3,(H,25,30)/t16-,18+/m0/s1. The molecule has 0 bridgehead atoms. The van der Waals surface area contributed by atoms with Crippen molar-refractivity contribution in [2.75, 3.05) is 19.6 Å². The number of β-amino-alcohol motifs (C(OH)–C–C–N with tert-alkyl or cyclic N) is 1. The highest BCUT2D eigenvalue weighted by molar-refractivity contribution is 5.80. The lowest BCUT2D eigenvalue weighted by atomic mass is 10.00. The van der Waals surface area contributed by atoms with Gasteiger partial charge in [-0.1, -0.05) is 0 Å². The number of likely N-dealkylation sites (tertiary alicyclic amines) is 1. The van der Waals surface area contributed by atoms with Gasteiger partial charge in [0.1, 0.15) is 11.7 Å². The average molecular weight is 428 g/mol. The third-order valence-corrected chi connectivity index (χ3v) is 5.40. The number of amides is 1. The van der Waals surface area contributed by atoms with E-state index < -0.39 is 17.8 Å². The lowest BCUT2D eigenvalue weighted by Gasteiger charge is -2.36. The van der Waals surface area contributed by atoms with E-state index in [-0.39, 0.29) is 11.6 Å². The number of nitrogens with one attached hydrogen (secondary N) is 1. The first-order valence-electron chi connectivity index (χ1n) is 10.4. The van der Waals surface area contributed by atoms with Crippen molar-refractivity contribution >= 4 is 17.1 Å². The van der Waals surface area contributed by atoms with Crippen molar-refractivity contribution in [1.29, 1.82) is 5.26 Å². The monoisotopic (exact) mass is 427 g/mol. The van der Waals surface area contributed by atoms with E-state index in [2.05, 4.69) is 21.3 Å². The number of nitriles is 1. The number of pyridine rings is 2. The van der Waals surface area contributed by atoms with Crippen LogP contribution in [0.5, 0.6) is 0 Å². The number of carbonyl (C=O) groups is 1. The molecule has 2 N–H and O–H groups in total. The van der Waals surface area contributed by atoms with Crippen molar-refractivity contribution < 1.29 is 14.6 Å². The predicted octanol–water partition coefficient (Wildman–Crippen LogP) is 1.31. The van der Waals surface area contributed by atoms with E-state index in [0.717, 1.165) is 5.56 Å². The number of aromatic nitrogens is 2. The molecular formula is C22H29N5O4. The molecule has 1 amide bonds. The minimum absolute atomic E-state index is 0.157. The van der Waals surface area contributed by atoms with Gasteiger partial charge in [0, 0.05) is 38.9 Å². The van der Waals surface area contributed by atoms with E-state index in [4.69, 9.17) is 4.74 Å². The highest BCUT2D eigenvalue weighted by Gasteiger charge is 2.30. The summed E-state index contributed by atoms with van der Waals surface area (Å²) in [5.41, 5.74) is 1.79. The molecule has 2 aromatic rings. The number of fused-ring (bicyclic) bond motifs is 1. The summed E-state index contributed by atoms with van der Waals surface area (Å²) in [5.74, 6) is 0. The molecule has 3 rings (SSSR count). The van der Waals surface area contributed by atoms with Gasteiger partial charge < -0.3 is 24.6 Å². The number of piperidine rings is 1. The van der Waals surface area contributed by atoms with E-state index in [1.165, 1.54) is 16.8 Å². The summed E-state index contributed by atoms with van der Waals surface area (Å²) in [4.78, 5) is 30.5. The average Bonchev–Trinajstić information content (AvgIpc) is 2.69. The van der Waals surface area contributed by atoms with Crippen LogP contribution in [0.3, 0.4) is 0 Å². The van der Waals surface area contributed by atoms with Crippen LogP contribution in [0.15, 0.2) is 23.1 Å². The van der Waals surface area contributed by atoms with Gasteiger partial charge in [-0.3, -0.25) is 9.78 Å². The van der Waals surface area contributed by atoms with Crippen LogP contribution in [0.4, 0.5) is 4.79 Å². The Hall–Kier alpha value is -2.96. The SMILES string of the molecule is Cn1c(=O)ccc2ncc(C#N)c(CCN3CC[C@H](NC(=O)OC(C)(C)C)[C@H](O)C3)c21. The Morgan fingerprint density at radius 1 is 1.42 bits per heavy atom. The quantitative estimate of drug-likeness (QED) is 0.755. The Kier molecular flexibility index (Phi) is 6.62. The van der Waals surface area contributed by atoms with Gasteiger partial charge in [0.2, 0.25) is 0 Å². The Morgan fingerprint density at radius 3 is 2.81 bits per heavy atom. The predicted molar refractivity (Wildman–Crippen MR) is 116 cm³/mol. The first-order valence-corrected chi connectivity index (χ1v) is 10.4. The highest BCUT2D eigenvalue weighted by Crippen LogP contribution is 2.21. The molecule has 0 radical (unpaired) electrons. The van der Waals surface area contributed by atoms with E-state index in [0.29, 0.717) is 49.1 Å².